The lowest BCUT2D eigenvalue weighted by atomic mass is 10.0. The van der Waals surface area contributed by atoms with E-state index in [4.69, 9.17) is 0 Å². The van der Waals surface area contributed by atoms with E-state index in [1.54, 1.807) is 0 Å². The first-order valence-electron chi connectivity index (χ1n) is 5.67. The Balaban J connectivity index is 2.56. The molecule has 0 fully saturated rings. The van der Waals surface area contributed by atoms with E-state index < -0.39 is 6.10 Å². The van der Waals surface area contributed by atoms with Crippen LogP contribution in [0.1, 0.15) is 32.4 Å². The summed E-state index contributed by atoms with van der Waals surface area (Å²) in [6.07, 6.45) is -0.452. The highest BCUT2D eigenvalue weighted by molar-refractivity contribution is 9.10. The molecule has 16 heavy (non-hydrogen) atoms. The number of halogens is 1. The molecular weight excluding hydrogens is 266 g/mol. The largest absolute Gasteiger partial charge is 0.387 e. The second-order valence-corrected chi connectivity index (χ2v) is 5.50. The quantitative estimate of drug-likeness (QED) is 0.871. The van der Waals surface area contributed by atoms with Crippen LogP contribution in [0.25, 0.3) is 0 Å². The predicted octanol–water partition coefficient (Wildman–Crippen LogP) is 3.12. The smallest absolute Gasteiger partial charge is 0.0940 e. The van der Waals surface area contributed by atoms with Crippen molar-refractivity contribution >= 4 is 15.9 Å². The van der Waals surface area contributed by atoms with Gasteiger partial charge in [0.05, 0.1) is 6.10 Å². The second-order valence-electron chi connectivity index (χ2n) is 4.59. The number of benzene rings is 1. The minimum atomic E-state index is -0.452. The highest BCUT2D eigenvalue weighted by atomic mass is 79.9. The van der Waals surface area contributed by atoms with Gasteiger partial charge in [0.1, 0.15) is 0 Å². The second kappa shape index (κ2) is 6.38. The molecule has 2 atom stereocenters. The van der Waals surface area contributed by atoms with Crippen molar-refractivity contribution in [2.45, 2.75) is 32.9 Å². The lowest BCUT2D eigenvalue weighted by Gasteiger charge is -2.21. The van der Waals surface area contributed by atoms with Crippen LogP contribution in [0.4, 0.5) is 0 Å². The summed E-state index contributed by atoms with van der Waals surface area (Å²) < 4.78 is 1.03. The third-order valence-electron chi connectivity index (χ3n) is 2.53. The molecule has 0 aliphatic heterocycles. The summed E-state index contributed by atoms with van der Waals surface area (Å²) >= 11 is 3.38. The van der Waals surface area contributed by atoms with E-state index in [0.717, 1.165) is 16.6 Å². The molecule has 0 saturated carbocycles. The maximum atomic E-state index is 10.1. The number of rotatable bonds is 5. The lowest BCUT2D eigenvalue weighted by molar-refractivity contribution is 0.134. The number of hydrogen-bond donors (Lipinski definition) is 2. The number of hydrogen-bond acceptors (Lipinski definition) is 2. The van der Waals surface area contributed by atoms with Crippen molar-refractivity contribution in [3.8, 4) is 0 Å². The molecule has 0 bridgehead atoms. The van der Waals surface area contributed by atoms with E-state index >= 15 is 0 Å². The molecule has 0 spiro atoms. The van der Waals surface area contributed by atoms with Crippen molar-refractivity contribution in [1.82, 2.24) is 5.32 Å². The van der Waals surface area contributed by atoms with Gasteiger partial charge in [0.15, 0.2) is 0 Å². The average Bonchev–Trinajstić information content (AvgIpc) is 2.26. The maximum absolute atomic E-state index is 10.1. The summed E-state index contributed by atoms with van der Waals surface area (Å²) in [6.45, 7) is 7.25. The molecule has 2 N–H and O–H groups in total. The molecule has 1 rings (SSSR count). The predicted molar refractivity (Wildman–Crippen MR) is 71.4 cm³/mol. The van der Waals surface area contributed by atoms with Crippen molar-refractivity contribution in [1.29, 1.82) is 0 Å². The van der Waals surface area contributed by atoms with Gasteiger partial charge >= 0.3 is 0 Å². The zero-order valence-electron chi connectivity index (χ0n) is 10.1. The monoisotopic (exact) mass is 285 g/mol. The lowest BCUT2D eigenvalue weighted by Crippen LogP contribution is -2.34. The van der Waals surface area contributed by atoms with Gasteiger partial charge in [0, 0.05) is 10.5 Å². The minimum Gasteiger partial charge on any atom is -0.387 e. The first kappa shape index (κ1) is 13.7. The molecule has 2 unspecified atom stereocenters. The molecule has 0 aliphatic carbocycles. The molecule has 0 aromatic heterocycles. The summed E-state index contributed by atoms with van der Waals surface area (Å²) in [4.78, 5) is 0. The Morgan fingerprint density at radius 1 is 1.19 bits per heavy atom. The van der Waals surface area contributed by atoms with Crippen LogP contribution in [0.2, 0.25) is 0 Å². The standard InChI is InChI=1S/C13H20BrNO/c1-9(2)8-15-10(3)13(16)11-4-6-12(14)7-5-11/h4-7,9-10,13,15-16H,8H2,1-3H3. The minimum absolute atomic E-state index is 0.0728. The summed E-state index contributed by atoms with van der Waals surface area (Å²) in [7, 11) is 0. The number of nitrogens with one attached hydrogen (secondary N) is 1. The van der Waals surface area contributed by atoms with Crippen molar-refractivity contribution in [2.24, 2.45) is 5.92 Å². The third kappa shape index (κ3) is 4.24. The summed E-state index contributed by atoms with van der Waals surface area (Å²) in [5.74, 6) is 0.597. The van der Waals surface area contributed by atoms with Crippen molar-refractivity contribution in [2.75, 3.05) is 6.54 Å². The van der Waals surface area contributed by atoms with Crippen LogP contribution >= 0.6 is 15.9 Å². The molecular formula is C13H20BrNO. The molecule has 90 valence electrons. The van der Waals surface area contributed by atoms with Crippen LogP contribution in [-0.2, 0) is 0 Å². The van der Waals surface area contributed by atoms with Gasteiger partial charge in [-0.25, -0.2) is 0 Å². The van der Waals surface area contributed by atoms with Crippen LogP contribution in [0.15, 0.2) is 28.7 Å². The normalized spacial score (nSPS) is 15.1. The Morgan fingerprint density at radius 3 is 2.25 bits per heavy atom. The number of aliphatic hydroxyl groups is 1. The first-order chi connectivity index (χ1) is 7.50. The topological polar surface area (TPSA) is 32.3 Å². The van der Waals surface area contributed by atoms with E-state index in [9.17, 15) is 5.11 Å². The van der Waals surface area contributed by atoms with Gasteiger partial charge in [-0.05, 0) is 37.1 Å². The van der Waals surface area contributed by atoms with Crippen molar-refractivity contribution in [3.05, 3.63) is 34.3 Å². The zero-order valence-corrected chi connectivity index (χ0v) is 11.7. The Morgan fingerprint density at radius 2 is 1.75 bits per heavy atom. The van der Waals surface area contributed by atoms with E-state index in [0.29, 0.717) is 5.92 Å². The molecule has 2 nitrogen and oxygen atoms in total. The molecule has 0 aliphatic rings. The van der Waals surface area contributed by atoms with E-state index in [-0.39, 0.29) is 6.04 Å². The van der Waals surface area contributed by atoms with Crippen molar-refractivity contribution in [3.63, 3.8) is 0 Å². The van der Waals surface area contributed by atoms with E-state index in [1.807, 2.05) is 31.2 Å². The molecule has 1 aromatic carbocycles. The van der Waals surface area contributed by atoms with Crippen molar-refractivity contribution < 1.29 is 5.11 Å². The molecule has 0 saturated heterocycles. The fraction of sp³-hybridized carbons (Fsp3) is 0.538. The number of aliphatic hydroxyl groups excluding tert-OH is 1. The van der Waals surface area contributed by atoms with Gasteiger partial charge in [0.25, 0.3) is 0 Å². The first-order valence-corrected chi connectivity index (χ1v) is 6.47. The Hall–Kier alpha value is -0.380. The molecule has 3 heteroatoms. The molecule has 0 amide bonds. The summed E-state index contributed by atoms with van der Waals surface area (Å²) in [6, 6.07) is 7.87. The van der Waals surface area contributed by atoms with Gasteiger partial charge < -0.3 is 10.4 Å². The average molecular weight is 286 g/mol. The fourth-order valence-electron chi connectivity index (χ4n) is 1.48. The highest BCUT2D eigenvalue weighted by Crippen LogP contribution is 2.19. The van der Waals surface area contributed by atoms with Crippen LogP contribution in [0, 0.1) is 5.92 Å². The van der Waals surface area contributed by atoms with Crippen LogP contribution < -0.4 is 5.32 Å². The van der Waals surface area contributed by atoms with Crippen LogP contribution in [0.5, 0.6) is 0 Å². The van der Waals surface area contributed by atoms with Crippen LogP contribution in [0.3, 0.4) is 0 Å². The van der Waals surface area contributed by atoms with Gasteiger partial charge in [-0.1, -0.05) is 41.9 Å². The Labute approximate surface area is 106 Å². The van der Waals surface area contributed by atoms with E-state index in [2.05, 4.69) is 35.1 Å². The SMILES string of the molecule is CC(C)CNC(C)C(O)c1ccc(Br)cc1. The zero-order chi connectivity index (χ0) is 12.1. The molecule has 1 aromatic rings. The fourth-order valence-corrected chi connectivity index (χ4v) is 1.75. The highest BCUT2D eigenvalue weighted by Gasteiger charge is 2.15. The third-order valence-corrected chi connectivity index (χ3v) is 3.06. The Kier molecular flexibility index (Phi) is 5.46. The van der Waals surface area contributed by atoms with Crippen LogP contribution in [-0.4, -0.2) is 17.7 Å². The van der Waals surface area contributed by atoms with Gasteiger partial charge in [-0.15, -0.1) is 0 Å². The van der Waals surface area contributed by atoms with Gasteiger partial charge in [0.2, 0.25) is 0 Å². The van der Waals surface area contributed by atoms with Gasteiger partial charge in [-0.3, -0.25) is 0 Å². The van der Waals surface area contributed by atoms with E-state index in [1.165, 1.54) is 0 Å². The summed E-state index contributed by atoms with van der Waals surface area (Å²) in [5, 5.41) is 13.4. The maximum Gasteiger partial charge on any atom is 0.0940 e. The summed E-state index contributed by atoms with van der Waals surface area (Å²) in [5.41, 5.74) is 0.951. The molecule has 0 radical (unpaired) electrons. The Bertz CT molecular complexity index is 310. The molecule has 0 heterocycles. The van der Waals surface area contributed by atoms with Gasteiger partial charge in [-0.2, -0.15) is 0 Å².